The summed E-state index contributed by atoms with van der Waals surface area (Å²) in [4.78, 5) is 15.6. The number of rotatable bonds is 3. The maximum absolute atomic E-state index is 12.0. The lowest BCUT2D eigenvalue weighted by Gasteiger charge is -2.20. The molecule has 1 aromatic heterocycles. The van der Waals surface area contributed by atoms with Crippen LogP contribution < -0.4 is 11.4 Å². The Morgan fingerprint density at radius 1 is 1.78 bits per heavy atom. The van der Waals surface area contributed by atoms with Gasteiger partial charge >= 0.3 is 5.69 Å². The van der Waals surface area contributed by atoms with Gasteiger partial charge < -0.3 is 15.2 Å². The Bertz CT molecular complexity index is 628. The van der Waals surface area contributed by atoms with E-state index in [0.29, 0.717) is 0 Å². The molecule has 1 aromatic rings. The van der Waals surface area contributed by atoms with Crippen LogP contribution in [0.1, 0.15) is 33.3 Å². The summed E-state index contributed by atoms with van der Waals surface area (Å²) < 4.78 is 49.3. The smallest absolute Gasteiger partial charge is 0.351 e. The van der Waals surface area contributed by atoms with Crippen molar-refractivity contribution in [2.45, 2.75) is 38.7 Å². The molecule has 0 saturated carbocycles. The van der Waals surface area contributed by atoms with Gasteiger partial charge in [-0.2, -0.15) is 4.98 Å². The standard InChI is InChI=1S/C12H19N3O3/c1-4-8-7(2)10(17-3)11(18-8)15-6-5-9(13)14-12(15)16/h5-8,10-11H,4H2,1-3H3,(H2,13,14,16)/t7-,8-,10-,11-/m1/s1/i3D3,4D2. The van der Waals surface area contributed by atoms with Gasteiger partial charge in [0.1, 0.15) is 11.9 Å². The van der Waals surface area contributed by atoms with Crippen molar-refractivity contribution >= 4 is 5.82 Å². The molecule has 2 N–H and O–H groups in total. The van der Waals surface area contributed by atoms with E-state index in [9.17, 15) is 4.79 Å². The van der Waals surface area contributed by atoms with E-state index in [1.54, 1.807) is 6.92 Å². The molecule has 0 spiro atoms. The fraction of sp³-hybridized carbons (Fsp3) is 0.667. The zero-order chi connectivity index (χ0) is 17.6. The Morgan fingerprint density at radius 3 is 3.17 bits per heavy atom. The summed E-state index contributed by atoms with van der Waals surface area (Å²) in [5, 5.41) is 0. The molecule has 1 aliphatic rings. The Kier molecular flexibility index (Phi) is 2.23. The van der Waals surface area contributed by atoms with Crippen molar-refractivity contribution in [2.24, 2.45) is 5.92 Å². The number of anilines is 1. The summed E-state index contributed by atoms with van der Waals surface area (Å²) in [6, 6.07) is 1.37. The van der Waals surface area contributed by atoms with Gasteiger partial charge in [0, 0.05) is 21.9 Å². The number of ether oxygens (including phenoxy) is 2. The summed E-state index contributed by atoms with van der Waals surface area (Å²) >= 11 is 0. The molecule has 1 saturated heterocycles. The first-order valence-corrected chi connectivity index (χ1v) is 5.58. The van der Waals surface area contributed by atoms with Crippen LogP contribution in [-0.4, -0.2) is 28.8 Å². The average molecular weight is 258 g/mol. The largest absolute Gasteiger partial charge is 0.383 e. The molecule has 1 fully saturated rings. The second-order valence-corrected chi connectivity index (χ2v) is 4.22. The van der Waals surface area contributed by atoms with Crippen LogP contribution in [0, 0.1) is 5.92 Å². The molecule has 0 bridgehead atoms. The lowest BCUT2D eigenvalue weighted by molar-refractivity contribution is -0.0529. The summed E-state index contributed by atoms with van der Waals surface area (Å²) in [7, 11) is -2.71. The van der Waals surface area contributed by atoms with Crippen LogP contribution in [0.4, 0.5) is 5.82 Å². The highest BCUT2D eigenvalue weighted by atomic mass is 16.6. The van der Waals surface area contributed by atoms with Crippen molar-refractivity contribution in [1.29, 1.82) is 0 Å². The maximum atomic E-state index is 12.0. The molecule has 6 heteroatoms. The normalized spacial score (nSPS) is 37.3. The topological polar surface area (TPSA) is 79.4 Å². The molecule has 0 unspecified atom stereocenters. The summed E-state index contributed by atoms with van der Waals surface area (Å²) in [6.45, 7) is 2.95. The second kappa shape index (κ2) is 5.07. The summed E-state index contributed by atoms with van der Waals surface area (Å²) in [5.74, 6) is -0.571. The van der Waals surface area contributed by atoms with Crippen LogP contribution in [0.5, 0.6) is 0 Å². The van der Waals surface area contributed by atoms with Crippen LogP contribution in [0.3, 0.4) is 0 Å². The van der Waals surface area contributed by atoms with Gasteiger partial charge in [0.05, 0.1) is 10.2 Å². The summed E-state index contributed by atoms with van der Waals surface area (Å²) in [6.07, 6.45) is -3.50. The molecular formula is C12H19N3O3. The van der Waals surface area contributed by atoms with Gasteiger partial charge in [-0.05, 0) is 12.4 Å². The third kappa shape index (κ3) is 2.13. The minimum Gasteiger partial charge on any atom is -0.383 e. The highest BCUT2D eigenvalue weighted by Crippen LogP contribution is 2.36. The number of nitrogen functional groups attached to an aromatic ring is 1. The third-order valence-corrected chi connectivity index (χ3v) is 3.11. The van der Waals surface area contributed by atoms with Crippen LogP contribution in [0.15, 0.2) is 17.1 Å². The van der Waals surface area contributed by atoms with Crippen molar-refractivity contribution in [3.05, 3.63) is 22.7 Å². The fourth-order valence-electron chi connectivity index (χ4n) is 2.12. The third-order valence-electron chi connectivity index (χ3n) is 3.11. The van der Waals surface area contributed by atoms with Crippen LogP contribution in [0.2, 0.25) is 0 Å². The highest BCUT2D eigenvalue weighted by molar-refractivity contribution is 5.23. The van der Waals surface area contributed by atoms with Crippen LogP contribution >= 0.6 is 0 Å². The van der Waals surface area contributed by atoms with Crippen molar-refractivity contribution < 1.29 is 16.3 Å². The predicted octanol–water partition coefficient (Wildman–Crippen LogP) is 0.784. The number of nitrogens with two attached hydrogens (primary N) is 1. The molecular weight excluding hydrogens is 234 g/mol. The molecule has 0 radical (unpaired) electrons. The van der Waals surface area contributed by atoms with Gasteiger partial charge in [0.15, 0.2) is 6.23 Å². The van der Waals surface area contributed by atoms with E-state index < -0.39 is 43.5 Å². The van der Waals surface area contributed by atoms with E-state index >= 15 is 0 Å². The first kappa shape index (κ1) is 7.91. The highest BCUT2D eigenvalue weighted by Gasteiger charge is 2.42. The number of aromatic nitrogens is 2. The number of nitrogens with zero attached hydrogens (tertiary/aromatic N) is 2. The molecule has 0 aliphatic carbocycles. The lowest BCUT2D eigenvalue weighted by atomic mass is 9.98. The molecule has 100 valence electrons. The minimum absolute atomic E-state index is 0.0213. The lowest BCUT2D eigenvalue weighted by Crippen LogP contribution is -2.34. The van der Waals surface area contributed by atoms with E-state index in [1.165, 1.54) is 19.2 Å². The van der Waals surface area contributed by atoms with E-state index in [2.05, 4.69) is 4.98 Å². The Labute approximate surface area is 113 Å². The van der Waals surface area contributed by atoms with Crippen LogP contribution in [-0.2, 0) is 9.47 Å². The van der Waals surface area contributed by atoms with Crippen molar-refractivity contribution in [2.75, 3.05) is 12.8 Å². The molecule has 2 heterocycles. The zero-order valence-electron chi connectivity index (χ0n) is 15.2. The van der Waals surface area contributed by atoms with E-state index in [-0.39, 0.29) is 5.82 Å². The molecule has 18 heavy (non-hydrogen) atoms. The average Bonchev–Trinajstić information content (AvgIpc) is 2.65. The van der Waals surface area contributed by atoms with Crippen molar-refractivity contribution in [3.63, 3.8) is 0 Å². The van der Waals surface area contributed by atoms with E-state index in [0.717, 1.165) is 4.57 Å². The van der Waals surface area contributed by atoms with Gasteiger partial charge in [0.2, 0.25) is 0 Å². The molecule has 1 aliphatic heterocycles. The SMILES string of the molecule is [2H]C([2H])([2H])O[C@@H]1[C@H](C)[C@@H](C([2H])([2H])C)O[C@H]1n1ccc(N)nc1=O. The molecule has 2 rings (SSSR count). The molecule has 0 aromatic carbocycles. The van der Waals surface area contributed by atoms with Gasteiger partial charge in [-0.25, -0.2) is 4.79 Å². The fourth-order valence-corrected chi connectivity index (χ4v) is 2.12. The van der Waals surface area contributed by atoms with Gasteiger partial charge in [-0.15, -0.1) is 0 Å². The van der Waals surface area contributed by atoms with Crippen LogP contribution in [0.25, 0.3) is 0 Å². The summed E-state index contributed by atoms with van der Waals surface area (Å²) in [5.41, 5.74) is 4.72. The number of hydrogen-bond acceptors (Lipinski definition) is 5. The Morgan fingerprint density at radius 2 is 2.56 bits per heavy atom. The maximum Gasteiger partial charge on any atom is 0.351 e. The van der Waals surface area contributed by atoms with E-state index in [4.69, 9.17) is 22.1 Å². The monoisotopic (exact) mass is 258 g/mol. The number of hydrogen-bond donors (Lipinski definition) is 1. The minimum atomic E-state index is -2.71. The van der Waals surface area contributed by atoms with E-state index in [1.807, 2.05) is 0 Å². The van der Waals surface area contributed by atoms with Crippen molar-refractivity contribution in [3.8, 4) is 0 Å². The van der Waals surface area contributed by atoms with Gasteiger partial charge in [0.25, 0.3) is 0 Å². The first-order chi connectivity index (χ1) is 10.4. The van der Waals surface area contributed by atoms with Gasteiger partial charge in [-0.1, -0.05) is 13.8 Å². The Balaban J connectivity index is 2.43. The molecule has 4 atom stereocenters. The van der Waals surface area contributed by atoms with Crippen molar-refractivity contribution in [1.82, 2.24) is 9.55 Å². The van der Waals surface area contributed by atoms with Gasteiger partial charge in [-0.3, -0.25) is 4.57 Å². The first-order valence-electron chi connectivity index (χ1n) is 8.08. The number of methoxy groups -OCH3 is 1. The second-order valence-electron chi connectivity index (χ2n) is 4.22. The zero-order valence-corrected chi connectivity index (χ0v) is 10.2. The Hall–Kier alpha value is -1.40. The molecule has 0 amide bonds. The molecule has 6 nitrogen and oxygen atoms in total. The predicted molar refractivity (Wildman–Crippen MR) is 67.1 cm³/mol. The quantitative estimate of drug-likeness (QED) is 0.867.